The molecule has 0 spiro atoms. The molecule has 0 amide bonds. The highest BCUT2D eigenvalue weighted by Gasteiger charge is 2.15. The number of Topliss-reactive ketones (excluding diaryl/α,β-unsaturated/α-hetero) is 1. The maximum absolute atomic E-state index is 11.2. The number of benzene rings is 1. The average Bonchev–Trinajstić information content (AvgIpc) is 2.29. The van der Waals surface area contributed by atoms with Crippen molar-refractivity contribution in [3.63, 3.8) is 0 Å². The van der Waals surface area contributed by atoms with Gasteiger partial charge in [-0.3, -0.25) is 4.79 Å². The Morgan fingerprint density at radius 3 is 2.53 bits per heavy atom. The highest BCUT2D eigenvalue weighted by Crippen LogP contribution is 2.10. The van der Waals surface area contributed by atoms with Gasteiger partial charge < -0.3 is 33.7 Å². The summed E-state index contributed by atoms with van der Waals surface area (Å²) in [4.78, 5) is 11.2. The Balaban J connectivity index is 0.00000324. The highest BCUT2D eigenvalue weighted by molar-refractivity contribution is 6.27. The predicted octanol–water partition coefficient (Wildman–Crippen LogP) is -0.924. The molecule has 1 aromatic rings. The molecule has 0 aliphatic heterocycles. The van der Waals surface area contributed by atoms with E-state index >= 15 is 0 Å². The molecule has 0 saturated heterocycles. The smallest absolute Gasteiger partial charge is 0.177 e. The van der Waals surface area contributed by atoms with Gasteiger partial charge in [0.2, 0.25) is 0 Å². The van der Waals surface area contributed by atoms with Gasteiger partial charge in [-0.1, -0.05) is 35.5 Å². The zero-order chi connectivity index (χ0) is 13.4. The zero-order valence-electron chi connectivity index (χ0n) is 11.4. The van der Waals surface area contributed by atoms with Crippen molar-refractivity contribution >= 4 is 12.0 Å². The fourth-order valence-electron chi connectivity index (χ4n) is 1.97. The largest absolute Gasteiger partial charge is 1.00 e. The second-order valence-corrected chi connectivity index (χ2v) is 5.12. The minimum Gasteiger partial charge on any atom is -1.00 e. The standard InChI is InChI=1S/C14H20N2O2.HI/c1-16(2,10-6-9-14(17)11-15-18)12-13-7-4-3-5-8-13;/h3-5,7-8,11H,6,9-10,12H2,1-2H3;1H. The maximum Gasteiger partial charge on any atom is 0.177 e. The van der Waals surface area contributed by atoms with Crippen molar-refractivity contribution in [3.8, 4) is 0 Å². The summed E-state index contributed by atoms with van der Waals surface area (Å²) in [5.74, 6) is -0.128. The molecule has 1 rings (SSSR count). The van der Waals surface area contributed by atoms with Gasteiger partial charge in [-0.05, 0) is 0 Å². The molecule has 0 unspecified atom stereocenters. The molecule has 0 heterocycles. The normalized spacial score (nSPS) is 11.3. The highest BCUT2D eigenvalue weighted by atomic mass is 127. The van der Waals surface area contributed by atoms with Gasteiger partial charge in [-0.25, -0.2) is 0 Å². The van der Waals surface area contributed by atoms with Gasteiger partial charge in [-0.2, -0.15) is 0 Å². The molecule has 0 aromatic heterocycles. The van der Waals surface area contributed by atoms with Crippen LogP contribution < -0.4 is 24.0 Å². The van der Waals surface area contributed by atoms with Crippen molar-refractivity contribution in [2.75, 3.05) is 20.6 Å². The first-order valence-corrected chi connectivity index (χ1v) is 6.10. The van der Waals surface area contributed by atoms with Gasteiger partial charge >= 0.3 is 0 Å². The molecule has 0 atom stereocenters. The predicted molar refractivity (Wildman–Crippen MR) is 71.6 cm³/mol. The molecule has 0 aliphatic carbocycles. The molecule has 0 radical (unpaired) electrons. The Hall–Kier alpha value is -0.950. The number of nitrogens with zero attached hydrogens (tertiary/aromatic N) is 2. The summed E-state index contributed by atoms with van der Waals surface area (Å²) in [7, 11) is 4.30. The summed E-state index contributed by atoms with van der Waals surface area (Å²) in [6.45, 7) is 1.86. The number of carbonyl (C=O) groups is 1. The van der Waals surface area contributed by atoms with E-state index in [0.717, 1.165) is 30.2 Å². The van der Waals surface area contributed by atoms with E-state index in [-0.39, 0.29) is 29.8 Å². The van der Waals surface area contributed by atoms with Gasteiger partial charge in [0.15, 0.2) is 5.78 Å². The second-order valence-electron chi connectivity index (χ2n) is 5.12. The summed E-state index contributed by atoms with van der Waals surface area (Å²) in [5.41, 5.74) is 1.30. The minimum atomic E-state index is -0.128. The van der Waals surface area contributed by atoms with Crippen LogP contribution in [-0.2, 0) is 11.3 Å². The molecule has 0 fully saturated rings. The van der Waals surface area contributed by atoms with Crippen molar-refractivity contribution < 1.29 is 38.5 Å². The first-order valence-electron chi connectivity index (χ1n) is 6.10. The van der Waals surface area contributed by atoms with Crippen molar-refractivity contribution in [1.82, 2.24) is 0 Å². The topological polar surface area (TPSA) is 49.7 Å². The van der Waals surface area contributed by atoms with Crippen molar-refractivity contribution in [3.05, 3.63) is 35.9 Å². The molecular weight excluding hydrogens is 355 g/mol. The van der Waals surface area contributed by atoms with E-state index in [1.807, 2.05) is 18.2 Å². The van der Waals surface area contributed by atoms with Gasteiger partial charge in [0, 0.05) is 18.4 Å². The quantitative estimate of drug-likeness (QED) is 0.220. The van der Waals surface area contributed by atoms with Gasteiger partial charge in [0.05, 0.1) is 20.6 Å². The van der Waals surface area contributed by atoms with E-state index in [1.54, 1.807) is 0 Å². The van der Waals surface area contributed by atoms with Gasteiger partial charge in [0.25, 0.3) is 0 Å². The number of oxime groups is 1. The Morgan fingerprint density at radius 2 is 1.95 bits per heavy atom. The van der Waals surface area contributed by atoms with E-state index in [2.05, 4.69) is 31.4 Å². The molecular formula is C14H21IN2O2. The second kappa shape index (κ2) is 9.03. The summed E-state index contributed by atoms with van der Waals surface area (Å²) in [5, 5.41) is 11.0. The van der Waals surface area contributed by atoms with E-state index in [4.69, 9.17) is 5.21 Å². The third-order valence-electron chi connectivity index (χ3n) is 2.84. The molecule has 5 heteroatoms. The molecule has 19 heavy (non-hydrogen) atoms. The lowest BCUT2D eigenvalue weighted by molar-refractivity contribution is -0.903. The lowest BCUT2D eigenvalue weighted by atomic mass is 10.1. The third-order valence-corrected chi connectivity index (χ3v) is 2.84. The number of rotatable bonds is 7. The minimum absolute atomic E-state index is 0. The molecule has 0 aliphatic rings. The van der Waals surface area contributed by atoms with E-state index in [1.165, 1.54) is 5.56 Å². The average molecular weight is 376 g/mol. The first-order chi connectivity index (χ1) is 8.53. The molecule has 106 valence electrons. The monoisotopic (exact) mass is 376 g/mol. The number of hydrogen-bond donors (Lipinski definition) is 1. The van der Waals surface area contributed by atoms with Crippen LogP contribution in [-0.4, -0.2) is 42.3 Å². The van der Waals surface area contributed by atoms with Gasteiger partial charge in [-0.15, -0.1) is 0 Å². The molecule has 0 bridgehead atoms. The number of ketones is 1. The Bertz CT molecular complexity index is 405. The molecule has 1 aromatic carbocycles. The fourth-order valence-corrected chi connectivity index (χ4v) is 1.97. The van der Waals surface area contributed by atoms with E-state index in [9.17, 15) is 4.79 Å². The van der Waals surface area contributed by atoms with Crippen LogP contribution in [0.2, 0.25) is 0 Å². The van der Waals surface area contributed by atoms with Crippen LogP contribution in [0.4, 0.5) is 0 Å². The van der Waals surface area contributed by atoms with Gasteiger partial charge in [0.1, 0.15) is 12.8 Å². The number of hydrogen-bond acceptors (Lipinski definition) is 3. The van der Waals surface area contributed by atoms with E-state index < -0.39 is 0 Å². The lowest BCUT2D eigenvalue weighted by Gasteiger charge is -2.29. The Kier molecular flexibility index (Phi) is 8.58. The van der Waals surface area contributed by atoms with Crippen LogP contribution in [0.1, 0.15) is 18.4 Å². The lowest BCUT2D eigenvalue weighted by Crippen LogP contribution is -3.00. The Labute approximate surface area is 131 Å². The van der Waals surface area contributed by atoms with Crippen molar-refractivity contribution in [2.24, 2.45) is 5.16 Å². The number of quaternary nitrogens is 1. The first kappa shape index (κ1) is 18.0. The van der Waals surface area contributed by atoms with Crippen LogP contribution in [0.15, 0.2) is 35.5 Å². The van der Waals surface area contributed by atoms with Crippen LogP contribution in [0.25, 0.3) is 0 Å². The zero-order valence-corrected chi connectivity index (χ0v) is 13.6. The van der Waals surface area contributed by atoms with E-state index in [0.29, 0.717) is 6.42 Å². The molecule has 4 nitrogen and oxygen atoms in total. The summed E-state index contributed by atoms with van der Waals surface area (Å²) in [6, 6.07) is 10.3. The SMILES string of the molecule is C[N+](C)(CCCC(=O)/C=N/O)Cc1ccccc1.[I-]. The summed E-state index contributed by atoms with van der Waals surface area (Å²) < 4.78 is 0.841. The van der Waals surface area contributed by atoms with Crippen LogP contribution in [0.5, 0.6) is 0 Å². The number of halogens is 1. The third kappa shape index (κ3) is 7.94. The maximum atomic E-state index is 11.2. The fraction of sp³-hybridized carbons (Fsp3) is 0.429. The van der Waals surface area contributed by atoms with Crippen LogP contribution in [0.3, 0.4) is 0 Å². The molecule has 0 saturated carbocycles. The number of carbonyl (C=O) groups excluding carboxylic acids is 1. The van der Waals surface area contributed by atoms with Crippen LogP contribution in [0, 0.1) is 0 Å². The summed E-state index contributed by atoms with van der Waals surface area (Å²) in [6.07, 6.45) is 2.20. The Morgan fingerprint density at radius 1 is 1.32 bits per heavy atom. The van der Waals surface area contributed by atoms with Crippen molar-refractivity contribution in [1.29, 1.82) is 0 Å². The molecule has 1 N–H and O–H groups in total. The summed E-state index contributed by atoms with van der Waals surface area (Å²) >= 11 is 0. The van der Waals surface area contributed by atoms with Crippen LogP contribution >= 0.6 is 0 Å². The van der Waals surface area contributed by atoms with Crippen molar-refractivity contribution in [2.45, 2.75) is 19.4 Å².